The van der Waals surface area contributed by atoms with Gasteiger partial charge in [0.1, 0.15) is 18.0 Å². The molecule has 0 radical (unpaired) electrons. The van der Waals surface area contributed by atoms with Gasteiger partial charge in [-0.2, -0.15) is 0 Å². The lowest BCUT2D eigenvalue weighted by molar-refractivity contribution is 0.0187. The van der Waals surface area contributed by atoms with E-state index in [0.29, 0.717) is 0 Å². The lowest BCUT2D eigenvalue weighted by Gasteiger charge is -2.35. The summed E-state index contributed by atoms with van der Waals surface area (Å²) in [6.07, 6.45) is 3.71. The van der Waals surface area contributed by atoms with Crippen LogP contribution in [-0.4, -0.2) is 72.0 Å². The predicted octanol–water partition coefficient (Wildman–Crippen LogP) is 2.23. The van der Waals surface area contributed by atoms with E-state index in [4.69, 9.17) is 4.74 Å². The summed E-state index contributed by atoms with van der Waals surface area (Å²) in [5.74, 6) is 1.71. The zero-order valence-corrected chi connectivity index (χ0v) is 17.1. The van der Waals surface area contributed by atoms with Crippen LogP contribution in [0.2, 0.25) is 0 Å². The smallest absolute Gasteiger partial charge is 0.134 e. The minimum atomic E-state index is 0.159. The first-order valence-electron chi connectivity index (χ1n) is 10.6. The van der Waals surface area contributed by atoms with Crippen molar-refractivity contribution in [3.63, 3.8) is 0 Å². The summed E-state index contributed by atoms with van der Waals surface area (Å²) in [6.45, 7) is 7.40. The summed E-state index contributed by atoms with van der Waals surface area (Å²) < 4.78 is 5.55. The quantitative estimate of drug-likeness (QED) is 0.742. The Kier molecular flexibility index (Phi) is 6.59. The van der Waals surface area contributed by atoms with E-state index in [-0.39, 0.29) is 18.7 Å². The van der Waals surface area contributed by atoms with Gasteiger partial charge in [-0.15, -0.1) is 0 Å². The third-order valence-corrected chi connectivity index (χ3v) is 5.96. The SMILES string of the molecule is Cc1ccc(C(CNc2cc(N3CCCC3CO)ncn2)N2CCOCC2)cc1. The van der Waals surface area contributed by atoms with E-state index in [1.54, 1.807) is 6.33 Å². The molecule has 2 saturated heterocycles. The lowest BCUT2D eigenvalue weighted by atomic mass is 10.0. The van der Waals surface area contributed by atoms with Crippen LogP contribution in [-0.2, 0) is 4.74 Å². The number of aliphatic hydroxyl groups is 1. The van der Waals surface area contributed by atoms with Gasteiger partial charge in [0, 0.05) is 32.2 Å². The number of nitrogens with one attached hydrogen (secondary N) is 1. The molecule has 2 N–H and O–H groups in total. The Balaban J connectivity index is 1.48. The molecule has 2 aliphatic heterocycles. The molecule has 3 heterocycles. The van der Waals surface area contributed by atoms with Crippen LogP contribution in [0.5, 0.6) is 0 Å². The number of benzene rings is 1. The second-order valence-corrected chi connectivity index (χ2v) is 7.89. The minimum absolute atomic E-state index is 0.159. The molecule has 156 valence electrons. The van der Waals surface area contributed by atoms with Crippen LogP contribution in [0.3, 0.4) is 0 Å². The summed E-state index contributed by atoms with van der Waals surface area (Å²) in [5, 5.41) is 13.1. The molecule has 7 nitrogen and oxygen atoms in total. The zero-order valence-electron chi connectivity index (χ0n) is 17.1. The number of anilines is 2. The molecule has 29 heavy (non-hydrogen) atoms. The van der Waals surface area contributed by atoms with Crippen LogP contribution < -0.4 is 10.2 Å². The number of aromatic nitrogens is 2. The largest absolute Gasteiger partial charge is 0.394 e. The number of aliphatic hydroxyl groups excluding tert-OH is 1. The number of nitrogens with zero attached hydrogens (tertiary/aromatic N) is 4. The molecule has 2 atom stereocenters. The van der Waals surface area contributed by atoms with E-state index < -0.39 is 0 Å². The van der Waals surface area contributed by atoms with E-state index in [1.165, 1.54) is 11.1 Å². The molecule has 2 aliphatic rings. The molecule has 0 saturated carbocycles. The number of morpholine rings is 1. The van der Waals surface area contributed by atoms with Gasteiger partial charge in [0.25, 0.3) is 0 Å². The maximum absolute atomic E-state index is 9.62. The highest BCUT2D eigenvalue weighted by Gasteiger charge is 2.26. The molecule has 1 aromatic heterocycles. The van der Waals surface area contributed by atoms with Gasteiger partial charge >= 0.3 is 0 Å². The average Bonchev–Trinajstić information content (AvgIpc) is 3.25. The lowest BCUT2D eigenvalue weighted by Crippen LogP contribution is -2.41. The van der Waals surface area contributed by atoms with E-state index in [2.05, 4.69) is 56.3 Å². The Hall–Kier alpha value is -2.22. The van der Waals surface area contributed by atoms with Crippen molar-refractivity contribution >= 4 is 11.6 Å². The van der Waals surface area contributed by atoms with Crippen molar-refractivity contribution in [3.05, 3.63) is 47.8 Å². The van der Waals surface area contributed by atoms with Crippen molar-refractivity contribution in [1.82, 2.24) is 14.9 Å². The van der Waals surface area contributed by atoms with Gasteiger partial charge in [0.2, 0.25) is 0 Å². The van der Waals surface area contributed by atoms with Crippen molar-refractivity contribution < 1.29 is 9.84 Å². The average molecular weight is 398 g/mol. The summed E-state index contributed by atoms with van der Waals surface area (Å²) in [4.78, 5) is 13.5. The molecule has 0 aliphatic carbocycles. The number of hydrogen-bond acceptors (Lipinski definition) is 7. The third-order valence-electron chi connectivity index (χ3n) is 5.96. The van der Waals surface area contributed by atoms with Gasteiger partial charge in [-0.1, -0.05) is 29.8 Å². The summed E-state index contributed by atoms with van der Waals surface area (Å²) in [6, 6.07) is 11.2. The Morgan fingerprint density at radius 1 is 1.17 bits per heavy atom. The van der Waals surface area contributed by atoms with Crippen molar-refractivity contribution in [2.75, 3.05) is 56.2 Å². The van der Waals surface area contributed by atoms with E-state index >= 15 is 0 Å². The summed E-state index contributed by atoms with van der Waals surface area (Å²) in [7, 11) is 0. The molecule has 2 unspecified atom stereocenters. The number of aryl methyl sites for hydroxylation is 1. The topological polar surface area (TPSA) is 73.8 Å². The fraction of sp³-hybridized carbons (Fsp3) is 0.545. The number of ether oxygens (including phenoxy) is 1. The van der Waals surface area contributed by atoms with Gasteiger partial charge in [-0.25, -0.2) is 9.97 Å². The molecule has 2 aromatic rings. The molecule has 1 aromatic carbocycles. The molecule has 0 amide bonds. The van der Waals surface area contributed by atoms with Gasteiger partial charge in [-0.05, 0) is 25.3 Å². The first-order valence-corrected chi connectivity index (χ1v) is 10.6. The molecule has 2 fully saturated rings. The van der Waals surface area contributed by atoms with E-state index in [9.17, 15) is 5.11 Å². The maximum atomic E-state index is 9.62. The monoisotopic (exact) mass is 397 g/mol. The third kappa shape index (κ3) is 4.86. The number of hydrogen-bond donors (Lipinski definition) is 2. The van der Waals surface area contributed by atoms with Gasteiger partial charge < -0.3 is 20.1 Å². The normalized spacial score (nSPS) is 21.3. The van der Waals surface area contributed by atoms with E-state index in [0.717, 1.165) is 63.9 Å². The van der Waals surface area contributed by atoms with E-state index in [1.807, 2.05) is 6.07 Å². The molecular weight excluding hydrogens is 366 g/mol. The first-order chi connectivity index (χ1) is 14.2. The standard InChI is InChI=1S/C22H31N5O2/c1-17-4-6-18(7-5-17)20(26-9-11-29-12-10-26)14-23-21-13-22(25-16-24-21)27-8-2-3-19(27)15-28/h4-7,13,16,19-20,28H,2-3,8-12,14-15H2,1H3,(H,23,24,25). The Labute approximate surface area is 172 Å². The van der Waals surface area contributed by atoms with Crippen molar-refractivity contribution in [3.8, 4) is 0 Å². The van der Waals surface area contributed by atoms with Gasteiger partial charge in [0.15, 0.2) is 0 Å². The molecule has 7 heteroatoms. The zero-order chi connectivity index (χ0) is 20.1. The van der Waals surface area contributed by atoms with Crippen LogP contribution in [0.4, 0.5) is 11.6 Å². The Bertz CT molecular complexity index is 779. The highest BCUT2D eigenvalue weighted by molar-refractivity contribution is 5.50. The van der Waals surface area contributed by atoms with Crippen molar-refractivity contribution in [2.24, 2.45) is 0 Å². The molecule has 4 rings (SSSR count). The number of rotatable bonds is 7. The maximum Gasteiger partial charge on any atom is 0.134 e. The van der Waals surface area contributed by atoms with Crippen LogP contribution >= 0.6 is 0 Å². The molecule has 0 spiro atoms. The fourth-order valence-corrected chi connectivity index (χ4v) is 4.26. The first kappa shape index (κ1) is 20.1. The molecule has 0 bridgehead atoms. The highest BCUT2D eigenvalue weighted by atomic mass is 16.5. The second kappa shape index (κ2) is 9.52. The summed E-state index contributed by atoms with van der Waals surface area (Å²) >= 11 is 0. The molecular formula is C22H31N5O2. The van der Waals surface area contributed by atoms with Crippen LogP contribution in [0, 0.1) is 6.92 Å². The van der Waals surface area contributed by atoms with Crippen LogP contribution in [0.1, 0.15) is 30.0 Å². The Morgan fingerprint density at radius 3 is 2.72 bits per heavy atom. The summed E-state index contributed by atoms with van der Waals surface area (Å²) in [5.41, 5.74) is 2.58. The predicted molar refractivity (Wildman–Crippen MR) is 114 cm³/mol. The van der Waals surface area contributed by atoms with Crippen molar-refractivity contribution in [1.29, 1.82) is 0 Å². The van der Waals surface area contributed by atoms with Gasteiger partial charge in [-0.3, -0.25) is 4.90 Å². The van der Waals surface area contributed by atoms with Gasteiger partial charge in [0.05, 0.1) is 31.9 Å². The van der Waals surface area contributed by atoms with Crippen LogP contribution in [0.15, 0.2) is 36.7 Å². The minimum Gasteiger partial charge on any atom is -0.394 e. The van der Waals surface area contributed by atoms with Crippen molar-refractivity contribution in [2.45, 2.75) is 31.8 Å². The second-order valence-electron chi connectivity index (χ2n) is 7.89. The Morgan fingerprint density at radius 2 is 1.97 bits per heavy atom. The van der Waals surface area contributed by atoms with Crippen LogP contribution in [0.25, 0.3) is 0 Å². The highest BCUT2D eigenvalue weighted by Crippen LogP contribution is 2.26. The fourth-order valence-electron chi connectivity index (χ4n) is 4.26.